The van der Waals surface area contributed by atoms with E-state index in [0.29, 0.717) is 54.3 Å². The molecular weight excluding hydrogens is 484 g/mol. The van der Waals surface area contributed by atoms with Gasteiger partial charge in [0.1, 0.15) is 22.8 Å². The summed E-state index contributed by atoms with van der Waals surface area (Å²) < 4.78 is 45.5. The largest absolute Gasteiger partial charge is 0.465 e. The number of hydrogen-bond acceptors (Lipinski definition) is 8. The molecule has 2 aromatic heterocycles. The Morgan fingerprint density at radius 1 is 1.11 bits per heavy atom. The van der Waals surface area contributed by atoms with Crippen molar-refractivity contribution in [2.24, 2.45) is 10.7 Å². The molecule has 3 aliphatic heterocycles. The van der Waals surface area contributed by atoms with Gasteiger partial charge in [-0.05, 0) is 48.4 Å². The molecule has 37 heavy (non-hydrogen) atoms. The Morgan fingerprint density at radius 2 is 2.00 bits per heavy atom. The fourth-order valence-electron chi connectivity index (χ4n) is 4.76. The van der Waals surface area contributed by atoms with Gasteiger partial charge in [0.2, 0.25) is 0 Å². The van der Waals surface area contributed by atoms with E-state index in [-0.39, 0.29) is 24.1 Å². The van der Waals surface area contributed by atoms with Crippen LogP contribution in [-0.4, -0.2) is 41.7 Å². The van der Waals surface area contributed by atoms with Crippen molar-refractivity contribution in [3.8, 4) is 11.5 Å². The number of carbonyl (C=O) groups excluding carboxylic acids is 1. The third-order valence-electron chi connectivity index (χ3n) is 6.49. The molecular formula is C26H21F2N5O4. The monoisotopic (exact) mass is 505 g/mol. The van der Waals surface area contributed by atoms with Crippen LogP contribution >= 0.6 is 0 Å². The van der Waals surface area contributed by atoms with E-state index >= 15 is 4.39 Å². The number of aromatic nitrogens is 2. The Hall–Kier alpha value is -4.38. The van der Waals surface area contributed by atoms with Gasteiger partial charge in [0.05, 0.1) is 31.7 Å². The zero-order valence-electron chi connectivity index (χ0n) is 19.5. The van der Waals surface area contributed by atoms with Crippen LogP contribution in [0.5, 0.6) is 11.5 Å². The molecule has 3 aromatic rings. The highest BCUT2D eigenvalue weighted by Crippen LogP contribution is 2.53. The Labute approximate surface area is 210 Å². The molecule has 0 saturated carbocycles. The van der Waals surface area contributed by atoms with Gasteiger partial charge in [0, 0.05) is 23.2 Å². The Morgan fingerprint density at radius 3 is 2.76 bits per heavy atom. The smallest absolute Gasteiger partial charge is 0.283 e. The number of carbonyl (C=O) groups is 1. The highest BCUT2D eigenvalue weighted by atomic mass is 19.1. The van der Waals surface area contributed by atoms with Crippen LogP contribution in [0.3, 0.4) is 0 Å². The van der Waals surface area contributed by atoms with Gasteiger partial charge in [-0.3, -0.25) is 4.79 Å². The third-order valence-corrected chi connectivity index (χ3v) is 6.49. The molecule has 0 radical (unpaired) electrons. The fourth-order valence-corrected chi connectivity index (χ4v) is 4.76. The number of pyridine rings is 2. The van der Waals surface area contributed by atoms with Crippen molar-refractivity contribution < 1.29 is 27.8 Å². The number of fused-ring (bicyclic) bond motifs is 4. The van der Waals surface area contributed by atoms with Crippen molar-refractivity contribution in [2.75, 3.05) is 25.1 Å². The van der Waals surface area contributed by atoms with Crippen molar-refractivity contribution in [3.63, 3.8) is 0 Å². The van der Waals surface area contributed by atoms with Gasteiger partial charge in [0.25, 0.3) is 17.9 Å². The van der Waals surface area contributed by atoms with Crippen LogP contribution in [0.15, 0.2) is 53.7 Å². The number of nitrogens with zero attached hydrogens (tertiary/aromatic N) is 3. The zero-order valence-corrected chi connectivity index (χ0v) is 19.5. The summed E-state index contributed by atoms with van der Waals surface area (Å²) in [7, 11) is 0. The lowest BCUT2D eigenvalue weighted by Crippen LogP contribution is -2.39. The van der Waals surface area contributed by atoms with Crippen LogP contribution in [-0.2, 0) is 15.0 Å². The second-order valence-corrected chi connectivity index (χ2v) is 8.78. The van der Waals surface area contributed by atoms with Crippen LogP contribution in [0, 0.1) is 11.8 Å². The molecule has 1 amide bonds. The predicted molar refractivity (Wildman–Crippen MR) is 129 cm³/mol. The highest BCUT2D eigenvalue weighted by Gasteiger charge is 2.46. The molecule has 6 rings (SSSR count). The number of rotatable bonds is 3. The number of amides is 1. The molecule has 1 aromatic carbocycles. The average Bonchev–Trinajstić information content (AvgIpc) is 2.90. The van der Waals surface area contributed by atoms with Crippen molar-refractivity contribution in [1.82, 2.24) is 9.97 Å². The number of amidine groups is 1. The van der Waals surface area contributed by atoms with Crippen molar-refractivity contribution in [3.05, 3.63) is 83.0 Å². The fraction of sp³-hybridized carbons (Fsp3) is 0.231. The molecule has 0 unspecified atom stereocenters. The molecule has 0 saturated heterocycles. The maximum Gasteiger partial charge on any atom is 0.283 e. The lowest BCUT2D eigenvalue weighted by Gasteiger charge is -2.39. The van der Waals surface area contributed by atoms with Crippen LogP contribution in [0.4, 0.5) is 14.5 Å². The van der Waals surface area contributed by atoms with Crippen LogP contribution in [0.1, 0.15) is 40.2 Å². The Bertz CT molecular complexity index is 1470. The van der Waals surface area contributed by atoms with E-state index in [1.165, 1.54) is 6.07 Å². The summed E-state index contributed by atoms with van der Waals surface area (Å²) in [6.45, 7) is 1.14. The summed E-state index contributed by atoms with van der Waals surface area (Å²) in [6.07, 6.45) is 3.98. The molecule has 3 N–H and O–H groups in total. The number of anilines is 1. The molecule has 1 spiro atoms. The van der Waals surface area contributed by atoms with Crippen molar-refractivity contribution >= 4 is 23.2 Å². The summed E-state index contributed by atoms with van der Waals surface area (Å²) in [5.74, 6) is -1.54. The van der Waals surface area contributed by atoms with E-state index in [1.54, 1.807) is 24.3 Å². The minimum Gasteiger partial charge on any atom is -0.465 e. The summed E-state index contributed by atoms with van der Waals surface area (Å²) in [5, 5.41) is 2.76. The molecule has 0 bridgehead atoms. The van der Waals surface area contributed by atoms with E-state index in [0.717, 1.165) is 17.8 Å². The summed E-state index contributed by atoms with van der Waals surface area (Å²) >= 11 is 0. The standard InChI is InChI=1S/C26H21F2N5O4/c27-15-3-5-19(30-12-15)24(34)31-16-4-6-21-17(10-16)26(7-9-36-25(29)33-26)18-11-20(14-2-1-8-35-13-14)32-23(28)22(18)37-21/h2-6,10-12H,1,7-9,13H2,(H2,29,33)(H,31,34)/t26-/m0/s1. The highest BCUT2D eigenvalue weighted by molar-refractivity contribution is 6.03. The maximum atomic E-state index is 15.4. The van der Waals surface area contributed by atoms with Crippen LogP contribution in [0.2, 0.25) is 0 Å². The Balaban J connectivity index is 1.46. The molecule has 5 heterocycles. The minimum atomic E-state index is -1.14. The van der Waals surface area contributed by atoms with Gasteiger partial charge in [-0.25, -0.2) is 19.4 Å². The van der Waals surface area contributed by atoms with E-state index in [9.17, 15) is 9.18 Å². The van der Waals surface area contributed by atoms with Gasteiger partial charge in [-0.1, -0.05) is 6.08 Å². The molecule has 0 fully saturated rings. The predicted octanol–water partition coefficient (Wildman–Crippen LogP) is 3.90. The number of hydrogen-bond donors (Lipinski definition) is 2. The summed E-state index contributed by atoms with van der Waals surface area (Å²) in [6, 6.07) is 9.05. The van der Waals surface area contributed by atoms with Crippen LogP contribution < -0.4 is 15.8 Å². The summed E-state index contributed by atoms with van der Waals surface area (Å²) in [5.41, 5.74) is 7.55. The second kappa shape index (κ2) is 8.93. The molecule has 188 valence electrons. The van der Waals surface area contributed by atoms with Crippen LogP contribution in [0.25, 0.3) is 5.57 Å². The number of ether oxygens (including phenoxy) is 3. The number of aliphatic imine (C=N–C) groups is 1. The van der Waals surface area contributed by atoms with E-state index in [2.05, 4.69) is 20.3 Å². The minimum absolute atomic E-state index is 0.0423. The van der Waals surface area contributed by atoms with Crippen molar-refractivity contribution in [2.45, 2.75) is 18.4 Å². The lowest BCUT2D eigenvalue weighted by atomic mass is 9.77. The van der Waals surface area contributed by atoms with E-state index in [1.807, 2.05) is 6.08 Å². The molecule has 11 heteroatoms. The third kappa shape index (κ3) is 4.06. The number of benzene rings is 1. The molecule has 9 nitrogen and oxygen atoms in total. The first-order valence-electron chi connectivity index (χ1n) is 11.6. The van der Waals surface area contributed by atoms with Gasteiger partial charge in [0.15, 0.2) is 5.75 Å². The quantitative estimate of drug-likeness (QED) is 0.518. The number of nitrogens with one attached hydrogen (secondary N) is 1. The topological polar surface area (TPSA) is 121 Å². The van der Waals surface area contributed by atoms with Gasteiger partial charge >= 0.3 is 0 Å². The average molecular weight is 505 g/mol. The maximum absolute atomic E-state index is 15.4. The van der Waals surface area contributed by atoms with E-state index in [4.69, 9.17) is 19.9 Å². The van der Waals surface area contributed by atoms with Gasteiger partial charge in [-0.2, -0.15) is 4.39 Å². The van der Waals surface area contributed by atoms with Gasteiger partial charge in [-0.15, -0.1) is 0 Å². The number of nitrogens with two attached hydrogens (primary N) is 1. The first-order valence-corrected chi connectivity index (χ1v) is 11.6. The lowest BCUT2D eigenvalue weighted by molar-refractivity contribution is 0.102. The second-order valence-electron chi connectivity index (χ2n) is 8.78. The van der Waals surface area contributed by atoms with Gasteiger partial charge < -0.3 is 25.3 Å². The number of halogens is 2. The first kappa shape index (κ1) is 23.0. The Kier molecular flexibility index (Phi) is 5.56. The van der Waals surface area contributed by atoms with Crippen molar-refractivity contribution in [1.29, 1.82) is 0 Å². The van der Waals surface area contributed by atoms with E-state index < -0.39 is 23.2 Å². The molecule has 0 aliphatic carbocycles. The molecule has 3 aliphatic rings. The zero-order chi connectivity index (χ0) is 25.6. The normalized spacial score (nSPS) is 20.1. The summed E-state index contributed by atoms with van der Waals surface area (Å²) in [4.78, 5) is 25.3. The molecule has 1 atom stereocenters. The SMILES string of the molecule is NC1=N[C@@]2(CCO1)c1cc(NC(=O)c3ccc(F)cn3)ccc1Oc1c2cc(C2=CCCOC2)nc1F. The first-order chi connectivity index (χ1) is 17.9.